The first kappa shape index (κ1) is 5.53. The Balaban J connectivity index is 2.28. The van der Waals surface area contributed by atoms with Gasteiger partial charge in [-0.15, -0.1) is 0 Å². The number of rotatable bonds is 1. The molecule has 0 aromatic carbocycles. The molecule has 0 radical (unpaired) electrons. The summed E-state index contributed by atoms with van der Waals surface area (Å²) in [6, 6.07) is -0.167. The average molecular weight is 116 g/mol. The molecule has 0 aliphatic carbocycles. The summed E-state index contributed by atoms with van der Waals surface area (Å²) in [6.07, 6.45) is 0. The molecule has 0 amide bonds. The third-order valence-corrected chi connectivity index (χ3v) is 1.12. The molecule has 46 valence electrons. The van der Waals surface area contributed by atoms with Crippen LogP contribution in [0.3, 0.4) is 0 Å². The maximum Gasteiger partial charge on any atom is 0.325 e. The zero-order chi connectivity index (χ0) is 6.15. The van der Waals surface area contributed by atoms with Crippen LogP contribution in [0.2, 0.25) is 0 Å². The van der Waals surface area contributed by atoms with Crippen LogP contribution < -0.4 is 5.84 Å². The van der Waals surface area contributed by atoms with Gasteiger partial charge in [0, 0.05) is 6.54 Å². The first-order chi connectivity index (χ1) is 3.75. The van der Waals surface area contributed by atoms with E-state index in [0.29, 0.717) is 6.54 Å². The Morgan fingerprint density at radius 3 is 2.62 bits per heavy atom. The number of nitrogens with zero attached hydrogens (tertiary/aromatic N) is 1. The third kappa shape index (κ3) is 0.801. The molecular weight excluding hydrogens is 108 g/mol. The Morgan fingerprint density at radius 2 is 2.50 bits per heavy atom. The van der Waals surface area contributed by atoms with Gasteiger partial charge in [-0.3, -0.25) is 10.6 Å². The number of nitrogens with two attached hydrogens (primary N) is 1. The maximum absolute atomic E-state index is 10.4. The Bertz CT molecular complexity index is 115. The van der Waals surface area contributed by atoms with Crippen molar-refractivity contribution in [2.45, 2.75) is 6.04 Å². The highest BCUT2D eigenvalue weighted by molar-refractivity contribution is 5.78. The van der Waals surface area contributed by atoms with Gasteiger partial charge < -0.3 is 4.74 Å². The van der Waals surface area contributed by atoms with Gasteiger partial charge >= 0.3 is 5.97 Å². The van der Waals surface area contributed by atoms with Crippen molar-refractivity contribution in [2.24, 2.45) is 5.84 Å². The average Bonchev–Trinajstić information content (AvgIpc) is 2.45. The smallest absolute Gasteiger partial charge is 0.325 e. The number of hydrogen-bond acceptors (Lipinski definition) is 4. The van der Waals surface area contributed by atoms with Gasteiger partial charge in [-0.1, -0.05) is 0 Å². The van der Waals surface area contributed by atoms with Crippen LogP contribution in [0.4, 0.5) is 0 Å². The molecule has 1 rings (SSSR count). The molecule has 0 saturated carbocycles. The molecule has 8 heavy (non-hydrogen) atoms. The summed E-state index contributed by atoms with van der Waals surface area (Å²) < 4.78 is 4.38. The molecule has 1 heterocycles. The number of methoxy groups -OCH3 is 1. The Hall–Kier alpha value is -0.610. The van der Waals surface area contributed by atoms with Crippen molar-refractivity contribution in [2.75, 3.05) is 13.7 Å². The van der Waals surface area contributed by atoms with E-state index in [1.54, 1.807) is 0 Å². The van der Waals surface area contributed by atoms with Crippen molar-refractivity contribution in [1.82, 2.24) is 5.01 Å². The van der Waals surface area contributed by atoms with Crippen LogP contribution in [0.5, 0.6) is 0 Å². The molecule has 1 fully saturated rings. The van der Waals surface area contributed by atoms with E-state index in [0.717, 1.165) is 0 Å². The fraction of sp³-hybridized carbons (Fsp3) is 0.750. The molecule has 0 aromatic rings. The molecule has 1 saturated heterocycles. The van der Waals surface area contributed by atoms with Crippen molar-refractivity contribution in [3.8, 4) is 0 Å². The number of hydrazine groups is 1. The second-order valence-electron chi connectivity index (χ2n) is 1.74. The standard InChI is InChI=1S/C4H8N2O2/c1-8-4(7)3-2-6(3)5/h3H,2,5H2,1H3/t3-,6?/m0/s1. The van der Waals surface area contributed by atoms with Crippen LogP contribution in [0.1, 0.15) is 0 Å². The predicted octanol–water partition coefficient (Wildman–Crippen LogP) is -1.28. The molecule has 2 N–H and O–H groups in total. The summed E-state index contributed by atoms with van der Waals surface area (Å²) in [4.78, 5) is 10.4. The van der Waals surface area contributed by atoms with E-state index in [1.165, 1.54) is 12.1 Å². The molecule has 1 unspecified atom stereocenters. The van der Waals surface area contributed by atoms with Gasteiger partial charge in [0.1, 0.15) is 6.04 Å². The summed E-state index contributed by atoms with van der Waals surface area (Å²) in [5, 5.41) is 1.42. The Kier molecular flexibility index (Phi) is 1.19. The summed E-state index contributed by atoms with van der Waals surface area (Å²) in [7, 11) is 1.36. The van der Waals surface area contributed by atoms with Gasteiger partial charge in [-0.2, -0.15) is 0 Å². The van der Waals surface area contributed by atoms with E-state index < -0.39 is 0 Å². The fourth-order valence-electron chi connectivity index (χ4n) is 0.499. The van der Waals surface area contributed by atoms with E-state index in [1.807, 2.05) is 0 Å². The van der Waals surface area contributed by atoms with Gasteiger partial charge in [-0.05, 0) is 0 Å². The number of ether oxygens (including phenoxy) is 1. The normalized spacial score (nSPS) is 34.2. The minimum Gasteiger partial charge on any atom is -0.468 e. The lowest BCUT2D eigenvalue weighted by Gasteiger charge is -1.92. The van der Waals surface area contributed by atoms with Crippen LogP contribution in [-0.4, -0.2) is 30.7 Å². The van der Waals surface area contributed by atoms with Crippen LogP contribution in [-0.2, 0) is 9.53 Å². The van der Waals surface area contributed by atoms with Gasteiger partial charge in [0.25, 0.3) is 0 Å². The lowest BCUT2D eigenvalue weighted by Crippen LogP contribution is -2.18. The molecule has 0 bridgehead atoms. The zero-order valence-corrected chi connectivity index (χ0v) is 4.63. The van der Waals surface area contributed by atoms with Crippen molar-refractivity contribution >= 4 is 5.97 Å². The number of hydrogen-bond donors (Lipinski definition) is 1. The molecule has 4 heteroatoms. The zero-order valence-electron chi connectivity index (χ0n) is 4.63. The number of carbonyl (C=O) groups is 1. The molecule has 0 aromatic heterocycles. The number of esters is 1. The quantitative estimate of drug-likeness (QED) is 0.263. The molecule has 4 nitrogen and oxygen atoms in total. The van der Waals surface area contributed by atoms with Crippen molar-refractivity contribution < 1.29 is 9.53 Å². The molecule has 0 spiro atoms. The van der Waals surface area contributed by atoms with Gasteiger partial charge in [0.15, 0.2) is 0 Å². The number of carbonyl (C=O) groups excluding carboxylic acids is 1. The van der Waals surface area contributed by atoms with Crippen molar-refractivity contribution in [1.29, 1.82) is 0 Å². The minimum absolute atomic E-state index is 0.167. The first-order valence-corrected chi connectivity index (χ1v) is 2.35. The minimum atomic E-state index is -0.243. The summed E-state index contributed by atoms with van der Waals surface area (Å²) in [6.45, 7) is 0.632. The monoisotopic (exact) mass is 116 g/mol. The topological polar surface area (TPSA) is 55.3 Å². The van der Waals surface area contributed by atoms with Crippen molar-refractivity contribution in [3.05, 3.63) is 0 Å². The van der Waals surface area contributed by atoms with Crippen LogP contribution in [0.15, 0.2) is 0 Å². The highest BCUT2D eigenvalue weighted by Gasteiger charge is 2.38. The van der Waals surface area contributed by atoms with Crippen molar-refractivity contribution in [3.63, 3.8) is 0 Å². The lowest BCUT2D eigenvalue weighted by atomic mass is 10.5. The molecule has 1 aliphatic heterocycles. The third-order valence-electron chi connectivity index (χ3n) is 1.12. The largest absolute Gasteiger partial charge is 0.468 e. The summed E-state index contributed by atoms with van der Waals surface area (Å²) in [5.74, 6) is 4.93. The SMILES string of the molecule is COC(=O)[C@@H]1CN1N. The van der Waals surface area contributed by atoms with E-state index >= 15 is 0 Å². The highest BCUT2D eigenvalue weighted by Crippen LogP contribution is 2.10. The predicted molar refractivity (Wildman–Crippen MR) is 26.7 cm³/mol. The van der Waals surface area contributed by atoms with Gasteiger partial charge in [0.2, 0.25) is 0 Å². The van der Waals surface area contributed by atoms with Gasteiger partial charge in [0.05, 0.1) is 7.11 Å². The maximum atomic E-state index is 10.4. The Labute approximate surface area is 47.2 Å². The molecular formula is C4H8N2O2. The van der Waals surface area contributed by atoms with E-state index in [9.17, 15) is 4.79 Å². The molecule has 2 atom stereocenters. The second kappa shape index (κ2) is 1.72. The van der Waals surface area contributed by atoms with E-state index in [4.69, 9.17) is 5.84 Å². The second-order valence-corrected chi connectivity index (χ2v) is 1.74. The lowest BCUT2D eigenvalue weighted by molar-refractivity contribution is -0.140. The van der Waals surface area contributed by atoms with Gasteiger partial charge in [-0.25, -0.2) is 5.01 Å². The fourth-order valence-corrected chi connectivity index (χ4v) is 0.499. The molecule has 1 aliphatic rings. The first-order valence-electron chi connectivity index (χ1n) is 2.35. The van der Waals surface area contributed by atoms with E-state index in [2.05, 4.69) is 4.74 Å². The highest BCUT2D eigenvalue weighted by atomic mass is 16.5. The summed E-state index contributed by atoms with van der Waals surface area (Å²) in [5.41, 5.74) is 0. The van der Waals surface area contributed by atoms with Crippen LogP contribution >= 0.6 is 0 Å². The van der Waals surface area contributed by atoms with Crippen LogP contribution in [0.25, 0.3) is 0 Å². The van der Waals surface area contributed by atoms with E-state index in [-0.39, 0.29) is 12.0 Å². The summed E-state index contributed by atoms with van der Waals surface area (Å²) >= 11 is 0. The Morgan fingerprint density at radius 1 is 2.00 bits per heavy atom. The van der Waals surface area contributed by atoms with Crippen LogP contribution in [0, 0.1) is 0 Å².